The molecular formula is C23H27N5O3. The summed E-state index contributed by atoms with van der Waals surface area (Å²) in [5.74, 6) is -0.820. The van der Waals surface area contributed by atoms with Gasteiger partial charge in [0.15, 0.2) is 0 Å². The highest BCUT2D eigenvalue weighted by atomic mass is 16.5. The normalized spacial score (nSPS) is 10.4. The molecule has 0 aliphatic carbocycles. The summed E-state index contributed by atoms with van der Waals surface area (Å²) in [5, 5.41) is 9.39. The van der Waals surface area contributed by atoms with Crippen LogP contribution in [0.4, 0.5) is 11.4 Å². The van der Waals surface area contributed by atoms with Crippen LogP contribution in [-0.2, 0) is 22.7 Å². The lowest BCUT2D eigenvalue weighted by Crippen LogP contribution is -2.35. The minimum absolute atomic E-state index is 0.280. The topological polar surface area (TPSA) is 88.5 Å². The van der Waals surface area contributed by atoms with Crippen LogP contribution in [0.5, 0.6) is 5.75 Å². The second-order valence-corrected chi connectivity index (χ2v) is 7.29. The molecule has 2 aromatic carbocycles. The van der Waals surface area contributed by atoms with E-state index >= 15 is 0 Å². The van der Waals surface area contributed by atoms with Crippen molar-refractivity contribution >= 4 is 23.2 Å². The smallest absolute Gasteiger partial charge is 0.313 e. The number of benzene rings is 2. The second-order valence-electron chi connectivity index (χ2n) is 7.29. The van der Waals surface area contributed by atoms with Gasteiger partial charge >= 0.3 is 11.8 Å². The molecule has 1 aromatic heterocycles. The molecular weight excluding hydrogens is 394 g/mol. The standard InChI is InChI=1S/C23H27N5O3/c1-17-14-20(27(2)3)9-8-18(17)16-24-22(29)23(30)26-19-6-4-7-21(15-19)31-13-12-28-11-5-10-25-28/h4-11,14-15H,12-13,16H2,1-3H3,(H,24,29)(H,26,30). The third-order valence-corrected chi connectivity index (χ3v) is 4.73. The van der Waals surface area contributed by atoms with E-state index < -0.39 is 11.8 Å². The van der Waals surface area contributed by atoms with Crippen molar-refractivity contribution in [2.75, 3.05) is 30.9 Å². The van der Waals surface area contributed by atoms with Crippen LogP contribution in [0.1, 0.15) is 11.1 Å². The Bertz CT molecular complexity index is 1030. The molecule has 8 nitrogen and oxygen atoms in total. The fourth-order valence-electron chi connectivity index (χ4n) is 2.95. The highest BCUT2D eigenvalue weighted by Gasteiger charge is 2.14. The summed E-state index contributed by atoms with van der Waals surface area (Å²) in [5.41, 5.74) is 3.58. The molecule has 0 fully saturated rings. The number of nitrogens with one attached hydrogen (secondary N) is 2. The Kier molecular flexibility index (Phi) is 7.26. The average Bonchev–Trinajstić information content (AvgIpc) is 3.26. The number of carbonyl (C=O) groups is 2. The number of hydrogen-bond donors (Lipinski definition) is 2. The van der Waals surface area contributed by atoms with E-state index in [0.29, 0.717) is 24.6 Å². The van der Waals surface area contributed by atoms with E-state index in [1.807, 2.05) is 56.4 Å². The summed E-state index contributed by atoms with van der Waals surface area (Å²) in [6.07, 6.45) is 3.57. The van der Waals surface area contributed by atoms with E-state index in [-0.39, 0.29) is 6.54 Å². The summed E-state index contributed by atoms with van der Waals surface area (Å²) in [6, 6.07) is 14.7. The molecule has 162 valence electrons. The first kappa shape index (κ1) is 21.9. The number of amides is 2. The van der Waals surface area contributed by atoms with E-state index in [1.54, 1.807) is 35.1 Å². The van der Waals surface area contributed by atoms with Crippen molar-refractivity contribution in [3.05, 3.63) is 72.1 Å². The first-order valence-electron chi connectivity index (χ1n) is 9.98. The molecule has 0 saturated carbocycles. The molecule has 2 amide bonds. The van der Waals surface area contributed by atoms with Crippen molar-refractivity contribution < 1.29 is 14.3 Å². The highest BCUT2D eigenvalue weighted by Crippen LogP contribution is 2.18. The van der Waals surface area contributed by atoms with Gasteiger partial charge in [-0.3, -0.25) is 14.3 Å². The molecule has 0 atom stereocenters. The van der Waals surface area contributed by atoms with E-state index in [1.165, 1.54) is 0 Å². The van der Waals surface area contributed by atoms with Gasteiger partial charge in [-0.05, 0) is 48.4 Å². The van der Waals surface area contributed by atoms with Gasteiger partial charge in [0, 0.05) is 50.5 Å². The summed E-state index contributed by atoms with van der Waals surface area (Å²) in [7, 11) is 3.94. The molecule has 0 unspecified atom stereocenters. The van der Waals surface area contributed by atoms with Crippen molar-refractivity contribution in [3.8, 4) is 5.75 Å². The monoisotopic (exact) mass is 421 g/mol. The number of carbonyl (C=O) groups excluding carboxylic acids is 2. The Hall–Kier alpha value is -3.81. The number of ether oxygens (including phenoxy) is 1. The summed E-state index contributed by atoms with van der Waals surface area (Å²) in [4.78, 5) is 26.5. The fraction of sp³-hybridized carbons (Fsp3) is 0.261. The molecule has 0 radical (unpaired) electrons. The van der Waals surface area contributed by atoms with Crippen molar-refractivity contribution in [1.82, 2.24) is 15.1 Å². The number of aromatic nitrogens is 2. The van der Waals surface area contributed by atoms with Crippen LogP contribution < -0.4 is 20.3 Å². The fourth-order valence-corrected chi connectivity index (χ4v) is 2.95. The molecule has 8 heteroatoms. The third-order valence-electron chi connectivity index (χ3n) is 4.73. The Morgan fingerprint density at radius 1 is 1.10 bits per heavy atom. The molecule has 2 N–H and O–H groups in total. The summed E-state index contributed by atoms with van der Waals surface area (Å²) in [6.45, 7) is 3.31. The van der Waals surface area contributed by atoms with Gasteiger partial charge in [-0.2, -0.15) is 5.10 Å². The van der Waals surface area contributed by atoms with E-state index in [9.17, 15) is 9.59 Å². The summed E-state index contributed by atoms with van der Waals surface area (Å²) < 4.78 is 7.46. The first-order valence-corrected chi connectivity index (χ1v) is 9.98. The van der Waals surface area contributed by atoms with Crippen LogP contribution >= 0.6 is 0 Å². The number of hydrogen-bond acceptors (Lipinski definition) is 5. The molecule has 3 aromatic rings. The number of anilines is 2. The van der Waals surface area contributed by atoms with Crippen LogP contribution in [-0.4, -0.2) is 42.3 Å². The third kappa shape index (κ3) is 6.33. The van der Waals surface area contributed by atoms with Crippen molar-refractivity contribution in [3.63, 3.8) is 0 Å². The van der Waals surface area contributed by atoms with Crippen LogP contribution in [0.25, 0.3) is 0 Å². The zero-order valence-electron chi connectivity index (χ0n) is 18.0. The zero-order valence-corrected chi connectivity index (χ0v) is 18.0. The quantitative estimate of drug-likeness (QED) is 0.546. The highest BCUT2D eigenvalue weighted by molar-refractivity contribution is 6.39. The minimum atomic E-state index is -0.726. The second kappa shape index (κ2) is 10.3. The molecule has 31 heavy (non-hydrogen) atoms. The van der Waals surface area contributed by atoms with Crippen molar-refractivity contribution in [1.29, 1.82) is 0 Å². The van der Waals surface area contributed by atoms with Gasteiger partial charge in [0.1, 0.15) is 12.4 Å². The maximum absolute atomic E-state index is 12.3. The number of rotatable bonds is 8. The van der Waals surface area contributed by atoms with Gasteiger partial charge in [0.2, 0.25) is 0 Å². The Morgan fingerprint density at radius 3 is 2.65 bits per heavy atom. The average molecular weight is 422 g/mol. The van der Waals surface area contributed by atoms with Crippen LogP contribution in [0, 0.1) is 6.92 Å². The van der Waals surface area contributed by atoms with Crippen LogP contribution in [0.3, 0.4) is 0 Å². The molecule has 0 aliphatic rings. The molecule has 3 rings (SSSR count). The van der Waals surface area contributed by atoms with Gasteiger partial charge in [-0.15, -0.1) is 0 Å². The Morgan fingerprint density at radius 2 is 1.94 bits per heavy atom. The minimum Gasteiger partial charge on any atom is -0.492 e. The molecule has 0 spiro atoms. The van der Waals surface area contributed by atoms with Gasteiger partial charge in [-0.25, -0.2) is 0 Å². The lowest BCUT2D eigenvalue weighted by molar-refractivity contribution is -0.136. The Labute approximate surface area is 181 Å². The van der Waals surface area contributed by atoms with Crippen molar-refractivity contribution in [2.45, 2.75) is 20.0 Å². The summed E-state index contributed by atoms with van der Waals surface area (Å²) >= 11 is 0. The van der Waals surface area contributed by atoms with Gasteiger partial charge in [0.25, 0.3) is 0 Å². The van der Waals surface area contributed by atoms with Gasteiger partial charge in [0.05, 0.1) is 6.54 Å². The maximum Gasteiger partial charge on any atom is 0.313 e. The SMILES string of the molecule is Cc1cc(N(C)C)ccc1CNC(=O)C(=O)Nc1cccc(OCCn2cccn2)c1. The maximum atomic E-state index is 12.3. The number of nitrogens with zero attached hydrogens (tertiary/aromatic N) is 3. The van der Waals surface area contributed by atoms with E-state index in [0.717, 1.165) is 16.8 Å². The molecule has 0 bridgehead atoms. The molecule has 1 heterocycles. The van der Waals surface area contributed by atoms with Crippen LogP contribution in [0.2, 0.25) is 0 Å². The predicted octanol–water partition coefficient (Wildman–Crippen LogP) is 2.59. The lowest BCUT2D eigenvalue weighted by atomic mass is 10.1. The zero-order chi connectivity index (χ0) is 22.2. The molecule has 0 aliphatic heterocycles. The van der Waals surface area contributed by atoms with E-state index in [2.05, 4.69) is 15.7 Å². The van der Waals surface area contributed by atoms with Crippen LogP contribution in [0.15, 0.2) is 60.9 Å². The first-order chi connectivity index (χ1) is 14.9. The lowest BCUT2D eigenvalue weighted by Gasteiger charge is -2.15. The van der Waals surface area contributed by atoms with Gasteiger partial charge in [-0.1, -0.05) is 12.1 Å². The largest absolute Gasteiger partial charge is 0.492 e. The van der Waals surface area contributed by atoms with E-state index in [4.69, 9.17) is 4.74 Å². The molecule has 0 saturated heterocycles. The number of aryl methyl sites for hydroxylation is 1. The van der Waals surface area contributed by atoms with Crippen molar-refractivity contribution in [2.24, 2.45) is 0 Å². The Balaban J connectivity index is 1.49. The van der Waals surface area contributed by atoms with Gasteiger partial charge < -0.3 is 20.3 Å². The predicted molar refractivity (Wildman–Crippen MR) is 120 cm³/mol.